The zero-order valence-corrected chi connectivity index (χ0v) is 18.0. The summed E-state index contributed by atoms with van der Waals surface area (Å²) < 4.78 is 1.43. The molecule has 0 aliphatic heterocycles. The molecule has 0 radical (unpaired) electrons. The summed E-state index contributed by atoms with van der Waals surface area (Å²) in [4.78, 5) is 30.2. The molecule has 0 saturated heterocycles. The normalized spacial score (nSPS) is 14.6. The number of carbonyl (C=O) groups excluding carboxylic acids is 1. The molecular formula is C23H26N4O2S. The van der Waals surface area contributed by atoms with Crippen LogP contribution in [0.3, 0.4) is 0 Å². The molecule has 156 valence electrons. The first kappa shape index (κ1) is 20.5. The van der Waals surface area contributed by atoms with Crippen molar-refractivity contribution < 1.29 is 4.79 Å². The molecule has 1 aromatic carbocycles. The van der Waals surface area contributed by atoms with Crippen molar-refractivity contribution in [2.75, 3.05) is 6.54 Å². The Bertz CT molecular complexity index is 1070. The van der Waals surface area contributed by atoms with E-state index in [9.17, 15) is 9.59 Å². The van der Waals surface area contributed by atoms with Crippen molar-refractivity contribution in [3.63, 3.8) is 0 Å². The number of amides is 1. The van der Waals surface area contributed by atoms with Crippen LogP contribution in [0.5, 0.6) is 0 Å². The van der Waals surface area contributed by atoms with E-state index in [1.54, 1.807) is 17.4 Å². The molecule has 6 nitrogen and oxygen atoms in total. The maximum absolute atomic E-state index is 12.3. The first-order valence-corrected chi connectivity index (χ1v) is 11.3. The predicted octanol–water partition coefficient (Wildman–Crippen LogP) is 4.04. The van der Waals surface area contributed by atoms with Crippen LogP contribution in [0.4, 0.5) is 0 Å². The summed E-state index contributed by atoms with van der Waals surface area (Å²) in [7, 11) is 0. The number of aryl methyl sites for hydroxylation is 1. The number of carbonyl (C=O) groups is 1. The molecule has 30 heavy (non-hydrogen) atoms. The summed E-state index contributed by atoms with van der Waals surface area (Å²) in [6, 6.07) is 13.3. The fourth-order valence-electron chi connectivity index (χ4n) is 3.86. The third kappa shape index (κ3) is 4.67. The van der Waals surface area contributed by atoms with Gasteiger partial charge in [-0.15, -0.1) is 11.3 Å². The fourth-order valence-corrected chi connectivity index (χ4v) is 4.90. The average molecular weight is 423 g/mol. The molecule has 2 heterocycles. The Labute approximate surface area is 180 Å². The van der Waals surface area contributed by atoms with Crippen LogP contribution in [0.2, 0.25) is 0 Å². The first-order chi connectivity index (χ1) is 14.6. The van der Waals surface area contributed by atoms with E-state index in [2.05, 4.69) is 15.4 Å². The van der Waals surface area contributed by atoms with E-state index >= 15 is 0 Å². The average Bonchev–Trinajstić information content (AvgIpc) is 3.18. The molecule has 1 fully saturated rings. The summed E-state index contributed by atoms with van der Waals surface area (Å²) in [5.41, 5.74) is 2.51. The SMILES string of the molecule is Cc1nc(-c2ccccc2)sc1-c1ccc(=O)n(CCNC(=O)C2CCCCC2)n1. The molecule has 0 atom stereocenters. The molecule has 1 saturated carbocycles. The molecule has 0 spiro atoms. The highest BCUT2D eigenvalue weighted by Gasteiger charge is 2.20. The molecule has 4 rings (SSSR count). The summed E-state index contributed by atoms with van der Waals surface area (Å²) in [5, 5.41) is 8.45. The maximum Gasteiger partial charge on any atom is 0.266 e. The van der Waals surface area contributed by atoms with Crippen LogP contribution in [-0.2, 0) is 11.3 Å². The number of benzene rings is 1. The van der Waals surface area contributed by atoms with Gasteiger partial charge in [0.2, 0.25) is 5.91 Å². The Morgan fingerprint density at radius 2 is 1.90 bits per heavy atom. The molecule has 1 amide bonds. The van der Waals surface area contributed by atoms with Gasteiger partial charge in [-0.25, -0.2) is 9.67 Å². The van der Waals surface area contributed by atoms with E-state index in [0.717, 1.165) is 52.5 Å². The Kier molecular flexibility index (Phi) is 6.38. The van der Waals surface area contributed by atoms with Crippen molar-refractivity contribution >= 4 is 17.2 Å². The third-order valence-corrected chi connectivity index (χ3v) is 6.74. The summed E-state index contributed by atoms with van der Waals surface area (Å²) in [5.74, 6) is 0.218. The van der Waals surface area contributed by atoms with Crippen molar-refractivity contribution in [3.8, 4) is 21.1 Å². The van der Waals surface area contributed by atoms with Crippen LogP contribution in [0.1, 0.15) is 37.8 Å². The Morgan fingerprint density at radius 3 is 2.67 bits per heavy atom. The van der Waals surface area contributed by atoms with Crippen LogP contribution in [0.15, 0.2) is 47.3 Å². The van der Waals surface area contributed by atoms with Crippen LogP contribution < -0.4 is 10.9 Å². The number of rotatable bonds is 6. The van der Waals surface area contributed by atoms with E-state index in [1.807, 2.05) is 37.3 Å². The van der Waals surface area contributed by atoms with Crippen molar-refractivity contribution in [2.24, 2.45) is 5.92 Å². The minimum Gasteiger partial charge on any atom is -0.354 e. The standard InChI is InChI=1S/C23H26N4O2S/c1-16-21(30-23(25-16)18-10-6-3-7-11-18)19-12-13-20(28)27(26-19)15-14-24-22(29)17-8-4-2-5-9-17/h3,6-7,10-13,17H,2,4-5,8-9,14-15H2,1H3,(H,24,29). The quantitative estimate of drug-likeness (QED) is 0.650. The maximum atomic E-state index is 12.3. The van der Waals surface area contributed by atoms with Crippen molar-refractivity contribution in [3.05, 3.63) is 58.5 Å². The molecule has 0 bridgehead atoms. The van der Waals surface area contributed by atoms with Gasteiger partial charge in [-0.2, -0.15) is 5.10 Å². The van der Waals surface area contributed by atoms with E-state index in [4.69, 9.17) is 0 Å². The number of thiazole rings is 1. The molecule has 2 aromatic heterocycles. The second-order valence-electron chi connectivity index (χ2n) is 7.71. The van der Waals surface area contributed by atoms with E-state index < -0.39 is 0 Å². The topological polar surface area (TPSA) is 76.9 Å². The summed E-state index contributed by atoms with van der Waals surface area (Å²) in [6.07, 6.45) is 5.40. The number of nitrogens with zero attached hydrogens (tertiary/aromatic N) is 3. The Hall–Kier alpha value is -2.80. The number of hydrogen-bond acceptors (Lipinski definition) is 5. The molecule has 0 unspecified atom stereocenters. The number of hydrogen-bond donors (Lipinski definition) is 1. The van der Waals surface area contributed by atoms with Gasteiger partial charge in [0, 0.05) is 24.1 Å². The molecule has 7 heteroatoms. The second kappa shape index (κ2) is 9.34. The zero-order valence-electron chi connectivity index (χ0n) is 17.1. The monoisotopic (exact) mass is 422 g/mol. The lowest BCUT2D eigenvalue weighted by molar-refractivity contribution is -0.125. The van der Waals surface area contributed by atoms with E-state index in [-0.39, 0.29) is 17.4 Å². The van der Waals surface area contributed by atoms with Crippen LogP contribution >= 0.6 is 11.3 Å². The molecule has 1 aliphatic carbocycles. The van der Waals surface area contributed by atoms with Crippen LogP contribution in [0.25, 0.3) is 21.1 Å². The van der Waals surface area contributed by atoms with Crippen LogP contribution in [-0.4, -0.2) is 27.2 Å². The van der Waals surface area contributed by atoms with Gasteiger partial charge in [-0.1, -0.05) is 49.6 Å². The van der Waals surface area contributed by atoms with E-state index in [0.29, 0.717) is 13.1 Å². The van der Waals surface area contributed by atoms with Gasteiger partial charge in [0.15, 0.2) is 0 Å². The van der Waals surface area contributed by atoms with Crippen molar-refractivity contribution in [1.82, 2.24) is 20.1 Å². The lowest BCUT2D eigenvalue weighted by atomic mass is 9.89. The van der Waals surface area contributed by atoms with Gasteiger partial charge in [0.25, 0.3) is 5.56 Å². The van der Waals surface area contributed by atoms with Gasteiger partial charge in [0.05, 0.1) is 17.1 Å². The Balaban J connectivity index is 1.46. The predicted molar refractivity (Wildman–Crippen MR) is 119 cm³/mol. The molecule has 1 aliphatic rings. The van der Waals surface area contributed by atoms with Crippen molar-refractivity contribution in [1.29, 1.82) is 0 Å². The third-order valence-electron chi connectivity index (χ3n) is 5.52. The number of aromatic nitrogens is 3. The van der Waals surface area contributed by atoms with E-state index in [1.165, 1.54) is 17.2 Å². The first-order valence-electron chi connectivity index (χ1n) is 10.5. The van der Waals surface area contributed by atoms with Crippen LogP contribution in [0, 0.1) is 12.8 Å². The van der Waals surface area contributed by atoms with Crippen molar-refractivity contribution in [2.45, 2.75) is 45.6 Å². The minimum atomic E-state index is -0.170. The summed E-state index contributed by atoms with van der Waals surface area (Å²) in [6.45, 7) is 2.72. The van der Waals surface area contributed by atoms with Gasteiger partial charge in [-0.05, 0) is 25.8 Å². The highest BCUT2D eigenvalue weighted by atomic mass is 32.1. The fraction of sp³-hybridized carbons (Fsp3) is 0.391. The second-order valence-corrected chi connectivity index (χ2v) is 8.70. The smallest absolute Gasteiger partial charge is 0.266 e. The van der Waals surface area contributed by atoms with Gasteiger partial charge < -0.3 is 5.32 Å². The highest BCUT2D eigenvalue weighted by molar-refractivity contribution is 7.18. The Morgan fingerprint density at radius 1 is 1.13 bits per heavy atom. The minimum absolute atomic E-state index is 0.102. The lowest BCUT2D eigenvalue weighted by Gasteiger charge is -2.20. The van der Waals surface area contributed by atoms with Gasteiger partial charge in [-0.3, -0.25) is 9.59 Å². The largest absolute Gasteiger partial charge is 0.354 e. The molecular weight excluding hydrogens is 396 g/mol. The lowest BCUT2D eigenvalue weighted by Crippen LogP contribution is -2.36. The van der Waals surface area contributed by atoms with Gasteiger partial charge >= 0.3 is 0 Å². The zero-order chi connectivity index (χ0) is 20.9. The van der Waals surface area contributed by atoms with Gasteiger partial charge in [0.1, 0.15) is 10.7 Å². The summed E-state index contributed by atoms with van der Waals surface area (Å²) >= 11 is 1.57. The molecule has 1 N–H and O–H groups in total. The molecule has 3 aromatic rings. The highest BCUT2D eigenvalue weighted by Crippen LogP contribution is 2.33. The number of nitrogens with one attached hydrogen (secondary N) is 1.